The predicted molar refractivity (Wildman–Crippen MR) is 123 cm³/mol. The van der Waals surface area contributed by atoms with Gasteiger partial charge in [0, 0.05) is 16.5 Å². The minimum absolute atomic E-state index is 0.124. The van der Waals surface area contributed by atoms with Crippen molar-refractivity contribution < 1.29 is 40.6 Å². The van der Waals surface area contributed by atoms with Crippen LogP contribution in [0.4, 0.5) is 26.3 Å². The summed E-state index contributed by atoms with van der Waals surface area (Å²) in [5, 5.41) is 0. The van der Waals surface area contributed by atoms with Crippen molar-refractivity contribution in [1.29, 1.82) is 0 Å². The van der Waals surface area contributed by atoms with E-state index >= 15 is 4.39 Å². The summed E-state index contributed by atoms with van der Waals surface area (Å²) in [6.45, 7) is 3.34. The van der Waals surface area contributed by atoms with Gasteiger partial charge in [0.1, 0.15) is 17.5 Å². The van der Waals surface area contributed by atoms with E-state index in [1.54, 1.807) is 0 Å². The fourth-order valence-electron chi connectivity index (χ4n) is 4.85. The lowest BCUT2D eigenvalue weighted by atomic mass is 9.82. The molecule has 0 unspecified atom stereocenters. The van der Waals surface area contributed by atoms with E-state index in [4.69, 9.17) is 14.2 Å². The number of rotatable bonds is 7. The summed E-state index contributed by atoms with van der Waals surface area (Å²) in [5.74, 6) is -9.68. The molecule has 3 aromatic rings. The lowest BCUT2D eigenvalue weighted by Gasteiger charge is -2.52. The van der Waals surface area contributed by atoms with Gasteiger partial charge < -0.3 is 14.2 Å². The Morgan fingerprint density at radius 1 is 0.676 bits per heavy atom. The first kappa shape index (κ1) is 25.8. The largest absolute Gasteiger partial charge is 0.323 e. The monoisotopic (exact) mass is 522 g/mol. The van der Waals surface area contributed by atoms with Crippen molar-refractivity contribution in [3.8, 4) is 22.3 Å². The summed E-state index contributed by atoms with van der Waals surface area (Å²) in [6.07, 6.45) is 4.11. The minimum Gasteiger partial charge on any atom is -0.323 e. The highest BCUT2D eigenvalue weighted by Crippen LogP contribution is 2.47. The topological polar surface area (TPSA) is 27.7 Å². The fourth-order valence-corrected chi connectivity index (χ4v) is 4.85. The van der Waals surface area contributed by atoms with E-state index in [2.05, 4.69) is 6.92 Å². The molecule has 0 atom stereocenters. The van der Waals surface area contributed by atoms with E-state index in [0.29, 0.717) is 32.0 Å². The van der Waals surface area contributed by atoms with Crippen LogP contribution in [0.3, 0.4) is 0 Å². The lowest BCUT2D eigenvalue weighted by molar-refractivity contribution is -0.480. The van der Waals surface area contributed by atoms with Gasteiger partial charge in [-0.3, -0.25) is 0 Å². The second-order valence-corrected chi connectivity index (χ2v) is 9.64. The average molecular weight is 522 g/mol. The van der Waals surface area contributed by atoms with Gasteiger partial charge >= 0.3 is 5.97 Å². The third kappa shape index (κ3) is 4.64. The Labute approximate surface area is 210 Å². The highest BCUT2D eigenvalue weighted by Gasteiger charge is 2.53. The molecule has 196 valence electrons. The van der Waals surface area contributed by atoms with Crippen LogP contribution in [-0.2, 0) is 20.2 Å². The summed E-state index contributed by atoms with van der Waals surface area (Å²) in [7, 11) is 0. The second kappa shape index (κ2) is 9.78. The van der Waals surface area contributed by atoms with Gasteiger partial charge in [-0.05, 0) is 47.9 Å². The van der Waals surface area contributed by atoms with E-state index in [1.165, 1.54) is 12.1 Å². The van der Waals surface area contributed by atoms with Crippen LogP contribution < -0.4 is 0 Å². The Balaban J connectivity index is 1.40. The number of halogens is 6. The summed E-state index contributed by atoms with van der Waals surface area (Å²) in [6, 6.07) is 6.58. The van der Waals surface area contributed by atoms with Crippen LogP contribution in [0.15, 0.2) is 42.5 Å². The van der Waals surface area contributed by atoms with Crippen LogP contribution >= 0.6 is 0 Å². The van der Waals surface area contributed by atoms with E-state index in [1.807, 2.05) is 0 Å². The summed E-state index contributed by atoms with van der Waals surface area (Å²) in [5.41, 5.74) is -1.53. The van der Waals surface area contributed by atoms with E-state index in [0.717, 1.165) is 43.9 Å². The first-order valence-electron chi connectivity index (χ1n) is 12.0. The Bertz CT molecular complexity index is 1270. The fraction of sp³-hybridized carbons (Fsp3) is 0.357. The molecule has 0 N–H and O–H groups in total. The standard InChI is InChI=1S/C28H24F6O3/c1-2-3-4-7-27-13-35-28(36-14-27,37-15-27)18-5-6-19(20(29)12-18)16-8-21(30)25(22(31)9-16)17-10-23(32)26(34)24(33)11-17/h5-6,8-12H,2-4,7,13-15H2,1H3. The zero-order valence-electron chi connectivity index (χ0n) is 20.0. The maximum absolute atomic E-state index is 15.2. The van der Waals surface area contributed by atoms with Crippen LogP contribution in [-0.4, -0.2) is 19.8 Å². The molecule has 3 aliphatic heterocycles. The van der Waals surface area contributed by atoms with Crippen molar-refractivity contribution in [2.45, 2.75) is 38.6 Å². The molecule has 0 spiro atoms. The molecular formula is C28H24F6O3. The van der Waals surface area contributed by atoms with Crippen LogP contribution in [0, 0.1) is 40.3 Å². The lowest BCUT2D eigenvalue weighted by Crippen LogP contribution is -2.58. The molecule has 3 fully saturated rings. The van der Waals surface area contributed by atoms with Gasteiger partial charge in [0.05, 0.1) is 25.4 Å². The normalized spacial score (nSPS) is 23.0. The minimum atomic E-state index is -1.75. The van der Waals surface area contributed by atoms with Gasteiger partial charge in [-0.15, -0.1) is 0 Å². The van der Waals surface area contributed by atoms with Crippen LogP contribution in [0.5, 0.6) is 0 Å². The molecule has 3 aromatic carbocycles. The molecular weight excluding hydrogens is 498 g/mol. The number of unbranched alkanes of at least 4 members (excludes halogenated alkanes) is 2. The number of benzene rings is 3. The maximum Gasteiger partial charge on any atom is 0.312 e. The summed E-state index contributed by atoms with van der Waals surface area (Å²) >= 11 is 0. The smallest absolute Gasteiger partial charge is 0.312 e. The predicted octanol–water partition coefficient (Wildman–Crippen LogP) is 7.61. The van der Waals surface area contributed by atoms with Gasteiger partial charge in [0.2, 0.25) is 0 Å². The van der Waals surface area contributed by atoms with Crippen molar-refractivity contribution in [2.75, 3.05) is 19.8 Å². The Kier molecular flexibility index (Phi) is 6.81. The molecule has 0 radical (unpaired) electrons. The molecule has 37 heavy (non-hydrogen) atoms. The highest BCUT2D eigenvalue weighted by atomic mass is 19.2. The van der Waals surface area contributed by atoms with Gasteiger partial charge in [0.15, 0.2) is 17.5 Å². The van der Waals surface area contributed by atoms with Gasteiger partial charge in [0.25, 0.3) is 0 Å². The van der Waals surface area contributed by atoms with E-state index < -0.39 is 52.0 Å². The number of hydrogen-bond donors (Lipinski definition) is 0. The molecule has 0 amide bonds. The van der Waals surface area contributed by atoms with Crippen LogP contribution in [0.2, 0.25) is 0 Å². The van der Waals surface area contributed by atoms with E-state index in [9.17, 15) is 22.0 Å². The van der Waals surface area contributed by atoms with Crippen LogP contribution in [0.25, 0.3) is 22.3 Å². The first-order chi connectivity index (χ1) is 17.7. The third-order valence-corrected chi connectivity index (χ3v) is 6.96. The quantitative estimate of drug-likeness (QED) is 0.182. The Morgan fingerprint density at radius 2 is 1.24 bits per heavy atom. The first-order valence-corrected chi connectivity index (χ1v) is 12.0. The molecule has 0 saturated carbocycles. The second-order valence-electron chi connectivity index (χ2n) is 9.64. The molecule has 9 heteroatoms. The van der Waals surface area contributed by atoms with Crippen molar-refractivity contribution in [1.82, 2.24) is 0 Å². The molecule has 3 aliphatic rings. The SMILES string of the molecule is CCCCCC12COC(c3ccc(-c4cc(F)c(-c5cc(F)c(F)c(F)c5)c(F)c4)c(F)c3)(OC1)OC2. The Hall–Kier alpha value is -2.88. The zero-order chi connectivity index (χ0) is 26.4. The summed E-state index contributed by atoms with van der Waals surface area (Å²) < 4.78 is 103. The van der Waals surface area contributed by atoms with Crippen molar-refractivity contribution in [2.24, 2.45) is 5.41 Å². The molecule has 0 aliphatic carbocycles. The molecule has 3 heterocycles. The van der Waals surface area contributed by atoms with Gasteiger partial charge in [-0.1, -0.05) is 38.3 Å². The molecule has 6 rings (SSSR count). The van der Waals surface area contributed by atoms with Gasteiger partial charge in [-0.2, -0.15) is 0 Å². The number of ether oxygens (including phenoxy) is 3. The zero-order valence-corrected chi connectivity index (χ0v) is 20.0. The van der Waals surface area contributed by atoms with Crippen molar-refractivity contribution in [3.05, 3.63) is 82.9 Å². The Morgan fingerprint density at radius 3 is 1.78 bits per heavy atom. The molecule has 3 nitrogen and oxygen atoms in total. The molecule has 2 bridgehead atoms. The molecule has 3 saturated heterocycles. The summed E-state index contributed by atoms with van der Waals surface area (Å²) in [4.78, 5) is 0. The third-order valence-electron chi connectivity index (χ3n) is 6.96. The average Bonchev–Trinajstić information content (AvgIpc) is 2.88. The van der Waals surface area contributed by atoms with Crippen molar-refractivity contribution >= 4 is 0 Å². The van der Waals surface area contributed by atoms with Gasteiger partial charge in [-0.25, -0.2) is 26.3 Å². The van der Waals surface area contributed by atoms with E-state index in [-0.39, 0.29) is 22.1 Å². The number of fused-ring (bicyclic) bond motifs is 3. The maximum atomic E-state index is 15.2. The highest BCUT2D eigenvalue weighted by molar-refractivity contribution is 5.72. The number of hydrogen-bond acceptors (Lipinski definition) is 3. The molecule has 0 aromatic heterocycles. The van der Waals surface area contributed by atoms with Crippen LogP contribution in [0.1, 0.15) is 38.2 Å². The van der Waals surface area contributed by atoms with Crippen molar-refractivity contribution in [3.63, 3.8) is 0 Å².